The summed E-state index contributed by atoms with van der Waals surface area (Å²) in [7, 11) is 0. The van der Waals surface area contributed by atoms with E-state index in [0.29, 0.717) is 30.8 Å². The second-order valence-corrected chi connectivity index (χ2v) is 14.6. The molecule has 0 unspecified atom stereocenters. The van der Waals surface area contributed by atoms with Crippen LogP contribution in [0.2, 0.25) is 0 Å². The molecular formula is C45H54FN5O7. The van der Waals surface area contributed by atoms with E-state index in [4.69, 9.17) is 0 Å². The van der Waals surface area contributed by atoms with Crippen molar-refractivity contribution < 1.29 is 38.9 Å². The Morgan fingerprint density at radius 2 is 1.48 bits per heavy atom. The number of benzene rings is 4. The molecule has 1 aliphatic heterocycles. The van der Waals surface area contributed by atoms with Crippen LogP contribution in [0.25, 0.3) is 10.9 Å². The maximum absolute atomic E-state index is 14.6. The first-order valence-corrected chi connectivity index (χ1v) is 19.4. The van der Waals surface area contributed by atoms with Crippen LogP contribution < -0.4 is 26.1 Å². The van der Waals surface area contributed by atoms with Crippen molar-refractivity contribution in [3.05, 3.63) is 141 Å². The number of hydrogen-bond donors (Lipinski definition) is 3. The number of aromatic carboxylic acids is 2. The van der Waals surface area contributed by atoms with Crippen molar-refractivity contribution >= 4 is 40.1 Å². The van der Waals surface area contributed by atoms with Gasteiger partial charge in [-0.2, -0.15) is 0 Å². The molecule has 1 aliphatic carbocycles. The first kappa shape index (κ1) is 44.8. The van der Waals surface area contributed by atoms with E-state index < -0.39 is 23.2 Å². The molecule has 308 valence electrons. The van der Waals surface area contributed by atoms with E-state index in [2.05, 4.69) is 48.7 Å². The first-order valence-electron chi connectivity index (χ1n) is 19.4. The van der Waals surface area contributed by atoms with Crippen LogP contribution in [0.4, 0.5) is 15.8 Å². The lowest BCUT2D eigenvalue weighted by Gasteiger charge is -2.36. The second-order valence-electron chi connectivity index (χ2n) is 14.6. The second kappa shape index (κ2) is 20.5. The van der Waals surface area contributed by atoms with E-state index in [9.17, 15) is 33.8 Å². The topological polar surface area (TPSA) is 175 Å². The average Bonchev–Trinajstić information content (AvgIpc) is 4.06. The summed E-state index contributed by atoms with van der Waals surface area (Å²) in [5.41, 5.74) is 4.83. The van der Waals surface area contributed by atoms with Crippen LogP contribution in [0, 0.1) is 19.7 Å². The molecule has 1 saturated carbocycles. The number of para-hydroxylation sites is 1. The number of anilines is 2. The molecule has 4 aromatic carbocycles. The Labute approximate surface area is 338 Å². The predicted octanol–water partition coefficient (Wildman–Crippen LogP) is 5.11. The number of pyridine rings is 1. The molecule has 1 saturated heterocycles. The lowest BCUT2D eigenvalue weighted by atomic mass is 10.1. The van der Waals surface area contributed by atoms with E-state index >= 15 is 0 Å². The minimum atomic E-state index is -1.28. The number of halogens is 1. The Bertz CT molecular complexity index is 2210. The van der Waals surface area contributed by atoms with Crippen molar-refractivity contribution in [2.75, 3.05) is 56.0 Å². The highest BCUT2D eigenvalue weighted by Crippen LogP contribution is 2.38. The van der Waals surface area contributed by atoms with Gasteiger partial charge in [0, 0.05) is 55.1 Å². The summed E-state index contributed by atoms with van der Waals surface area (Å²) in [6, 6.07) is 27.7. The van der Waals surface area contributed by atoms with E-state index in [1.165, 1.54) is 30.0 Å². The van der Waals surface area contributed by atoms with Gasteiger partial charge in [0.25, 0.3) is 5.91 Å². The summed E-state index contributed by atoms with van der Waals surface area (Å²) < 4.78 is 17.2. The molecule has 0 spiro atoms. The first-order chi connectivity index (χ1) is 27.4. The number of nitrogens with one attached hydrogen (secondary N) is 2. The van der Waals surface area contributed by atoms with Gasteiger partial charge >= 0.3 is 5.97 Å². The Morgan fingerprint density at radius 1 is 0.897 bits per heavy atom. The molecule has 5 aromatic rings. The van der Waals surface area contributed by atoms with Crippen molar-refractivity contribution in [3.8, 4) is 0 Å². The number of carbonyl (C=O) groups is 3. The third-order valence-electron chi connectivity index (χ3n) is 10.7. The minimum Gasteiger partial charge on any atom is -0.545 e. The number of aryl methyl sites for hydroxylation is 2. The van der Waals surface area contributed by atoms with Gasteiger partial charge in [-0.1, -0.05) is 78.9 Å². The SMILES string of the molecule is CC[N+](CC)(CC(=O)Nc1c(C)cccc1C)Cc1ccccc1.O.O=C(O)c1cn(C2CC2)c2cc(N3CCNCC3)c(F)cc2c1=O.O=C([O-])c1ccccc1. The number of carbonyl (C=O) groups excluding carboxylic acids is 2. The van der Waals surface area contributed by atoms with E-state index in [0.717, 1.165) is 66.9 Å². The number of piperazine rings is 1. The van der Waals surface area contributed by atoms with Crippen LogP contribution in [0.1, 0.15) is 70.1 Å². The van der Waals surface area contributed by atoms with Gasteiger partial charge in [0.1, 0.15) is 17.9 Å². The quantitative estimate of drug-likeness (QED) is 0.155. The van der Waals surface area contributed by atoms with Crippen molar-refractivity contribution in [3.63, 3.8) is 0 Å². The molecule has 2 fully saturated rings. The highest BCUT2D eigenvalue weighted by atomic mass is 19.1. The summed E-state index contributed by atoms with van der Waals surface area (Å²) in [4.78, 5) is 48.5. The van der Waals surface area contributed by atoms with Crippen LogP contribution >= 0.6 is 0 Å². The number of quaternary nitrogens is 1. The zero-order valence-electron chi connectivity index (χ0n) is 33.6. The Hall–Kier alpha value is -5.89. The summed E-state index contributed by atoms with van der Waals surface area (Å²) in [5, 5.41) is 25.8. The standard InChI is InChI=1S/C21H28N2O.C17H18FN3O3.C7H6O2.H2O/c1-5-23(6-2,15-19-13-8-7-9-14-19)16-20(24)22-21-17(3)11-10-12-18(21)4;18-13-7-11-14(8-15(13)20-5-3-19-4-6-20)21(10-1-2-10)9-12(16(11)22)17(23)24;8-7(9)6-4-2-1-3-5-6;/h7-14H,5-6,15-16H2,1-4H3;7-10,19H,1-6H2,(H,23,24);1-5H,(H,8,9);1H2. The summed E-state index contributed by atoms with van der Waals surface area (Å²) >= 11 is 0. The smallest absolute Gasteiger partial charge is 0.341 e. The van der Waals surface area contributed by atoms with Gasteiger partial charge in [-0.25, -0.2) is 9.18 Å². The fraction of sp³-hybridized carbons (Fsp3) is 0.333. The normalized spacial score (nSPS) is 13.6. The van der Waals surface area contributed by atoms with Gasteiger partial charge in [-0.3, -0.25) is 9.59 Å². The predicted molar refractivity (Wildman–Crippen MR) is 224 cm³/mol. The number of likely N-dealkylation sites (N-methyl/N-ethyl adjacent to an activating group) is 1. The van der Waals surface area contributed by atoms with Gasteiger partial charge in [-0.15, -0.1) is 0 Å². The van der Waals surface area contributed by atoms with Gasteiger partial charge in [-0.05, 0) is 69.4 Å². The molecule has 0 atom stereocenters. The molecular weight excluding hydrogens is 742 g/mol. The Balaban J connectivity index is 0.000000209. The zero-order chi connectivity index (χ0) is 41.1. The summed E-state index contributed by atoms with van der Waals surface area (Å²) in [6.45, 7) is 14.6. The fourth-order valence-electron chi connectivity index (χ4n) is 7.08. The Kier molecular flexibility index (Phi) is 15.8. The van der Waals surface area contributed by atoms with Crippen LogP contribution in [0.5, 0.6) is 0 Å². The summed E-state index contributed by atoms with van der Waals surface area (Å²) in [5.74, 6) is -2.79. The third-order valence-corrected chi connectivity index (χ3v) is 10.7. The number of hydrogen-bond acceptors (Lipinski definition) is 7. The lowest BCUT2D eigenvalue weighted by molar-refractivity contribution is -0.930. The average molecular weight is 796 g/mol. The van der Waals surface area contributed by atoms with Crippen molar-refractivity contribution in [1.82, 2.24) is 9.88 Å². The molecule has 2 heterocycles. The number of rotatable bonds is 11. The molecule has 58 heavy (non-hydrogen) atoms. The molecule has 13 heteroatoms. The van der Waals surface area contributed by atoms with E-state index in [-0.39, 0.29) is 33.9 Å². The van der Waals surface area contributed by atoms with Crippen LogP contribution in [0.3, 0.4) is 0 Å². The van der Waals surface area contributed by atoms with Crippen LogP contribution in [0.15, 0.2) is 102 Å². The molecule has 1 aromatic heterocycles. The van der Waals surface area contributed by atoms with E-state index in [1.54, 1.807) is 24.3 Å². The largest absolute Gasteiger partial charge is 0.545 e. The van der Waals surface area contributed by atoms with Crippen molar-refractivity contribution in [2.45, 2.75) is 53.1 Å². The lowest BCUT2D eigenvalue weighted by Crippen LogP contribution is -2.51. The van der Waals surface area contributed by atoms with Gasteiger partial charge in [0.05, 0.1) is 30.3 Å². The molecule has 0 bridgehead atoms. The van der Waals surface area contributed by atoms with Crippen molar-refractivity contribution in [1.29, 1.82) is 0 Å². The molecule has 1 amide bonds. The highest BCUT2D eigenvalue weighted by molar-refractivity contribution is 5.94. The maximum Gasteiger partial charge on any atom is 0.341 e. The molecule has 5 N–H and O–H groups in total. The number of aromatic nitrogens is 1. The van der Waals surface area contributed by atoms with Gasteiger partial charge in [0.2, 0.25) is 5.43 Å². The van der Waals surface area contributed by atoms with Crippen LogP contribution in [-0.4, -0.2) is 83.3 Å². The zero-order valence-corrected chi connectivity index (χ0v) is 33.6. The number of fused-ring (bicyclic) bond motifs is 1. The number of carboxylic acid groups (broad SMARTS) is 2. The monoisotopic (exact) mass is 795 g/mol. The number of amides is 1. The molecule has 2 aliphatic rings. The van der Waals surface area contributed by atoms with Crippen molar-refractivity contribution in [2.24, 2.45) is 0 Å². The van der Waals surface area contributed by atoms with Crippen LogP contribution in [-0.2, 0) is 11.3 Å². The third kappa shape index (κ3) is 11.4. The number of carboxylic acids is 2. The highest BCUT2D eigenvalue weighted by Gasteiger charge is 2.29. The van der Waals surface area contributed by atoms with E-state index in [1.807, 2.05) is 47.6 Å². The minimum absolute atomic E-state index is 0. The van der Waals surface area contributed by atoms with Gasteiger partial charge < -0.3 is 45.1 Å². The molecule has 12 nitrogen and oxygen atoms in total. The maximum atomic E-state index is 14.6. The van der Waals surface area contributed by atoms with Gasteiger partial charge in [0.15, 0.2) is 6.54 Å². The Morgan fingerprint density at radius 3 is 2.00 bits per heavy atom. The molecule has 7 rings (SSSR count). The summed E-state index contributed by atoms with van der Waals surface area (Å²) in [6.07, 6.45) is 3.29. The molecule has 0 radical (unpaired) electrons. The number of nitrogens with zero attached hydrogens (tertiary/aromatic N) is 3. The fourth-order valence-corrected chi connectivity index (χ4v) is 7.08.